The van der Waals surface area contributed by atoms with Crippen LogP contribution in [-0.4, -0.2) is 24.4 Å². The van der Waals surface area contributed by atoms with Crippen molar-refractivity contribution in [1.82, 2.24) is 4.90 Å². The molecule has 0 spiro atoms. The third-order valence-corrected chi connectivity index (χ3v) is 5.56. The topological polar surface area (TPSA) is 56.1 Å². The average Bonchev–Trinajstić information content (AvgIpc) is 3.13. The van der Waals surface area contributed by atoms with E-state index in [-0.39, 0.29) is 11.7 Å². The molecule has 1 aliphatic rings. The molecule has 0 saturated heterocycles. The zero-order valence-electron chi connectivity index (χ0n) is 14.1. The monoisotopic (exact) mass is 357 g/mol. The Balaban J connectivity index is 1.52. The summed E-state index contributed by atoms with van der Waals surface area (Å²) in [7, 11) is 1.90. The maximum Gasteiger partial charge on any atom is 0.226 e. The summed E-state index contributed by atoms with van der Waals surface area (Å²) in [6.45, 7) is 1.15. The van der Waals surface area contributed by atoms with Crippen LogP contribution in [0.4, 0.5) is 9.39 Å². The molecule has 1 N–H and O–H groups in total. The van der Waals surface area contributed by atoms with Crippen molar-refractivity contribution >= 4 is 22.2 Å². The molecule has 1 aromatic carbocycles. The summed E-state index contributed by atoms with van der Waals surface area (Å²) >= 11 is 1.53. The molecule has 1 aliphatic carbocycles. The van der Waals surface area contributed by atoms with E-state index in [4.69, 9.17) is 0 Å². The van der Waals surface area contributed by atoms with Crippen molar-refractivity contribution in [2.45, 2.75) is 32.2 Å². The highest BCUT2D eigenvalue weighted by atomic mass is 32.1. The number of thiophene rings is 1. The largest absolute Gasteiger partial charge is 0.317 e. The van der Waals surface area contributed by atoms with Crippen molar-refractivity contribution in [3.63, 3.8) is 0 Å². The van der Waals surface area contributed by atoms with Crippen LogP contribution in [0.2, 0.25) is 0 Å². The van der Waals surface area contributed by atoms with Crippen LogP contribution in [0.1, 0.15) is 34.4 Å². The van der Waals surface area contributed by atoms with Crippen LogP contribution >= 0.6 is 11.3 Å². The third kappa shape index (κ3) is 4.25. The minimum absolute atomic E-state index is 0.0949. The number of rotatable bonds is 6. The summed E-state index contributed by atoms with van der Waals surface area (Å²) in [6, 6.07) is 8.71. The molecule has 0 atom stereocenters. The Morgan fingerprint density at radius 2 is 2.28 bits per heavy atom. The Labute approximate surface area is 150 Å². The summed E-state index contributed by atoms with van der Waals surface area (Å²) in [5.74, 6) is -0.346. The zero-order valence-corrected chi connectivity index (χ0v) is 15.0. The predicted molar refractivity (Wildman–Crippen MR) is 97.0 cm³/mol. The smallest absolute Gasteiger partial charge is 0.226 e. The molecule has 0 bridgehead atoms. The first-order valence-electron chi connectivity index (χ1n) is 8.34. The van der Waals surface area contributed by atoms with Gasteiger partial charge in [-0.1, -0.05) is 12.1 Å². The molecule has 130 valence electrons. The zero-order chi connectivity index (χ0) is 17.8. The molecule has 6 heteroatoms. The Hall–Kier alpha value is -2.23. The SMILES string of the molecule is CN(CCC(=O)Nc1sc2c(c1C#N)CCC2)Cc1cccc(F)c1. The van der Waals surface area contributed by atoms with Crippen LogP contribution in [0, 0.1) is 17.1 Å². The van der Waals surface area contributed by atoms with Crippen LogP contribution in [-0.2, 0) is 24.2 Å². The molecule has 2 aromatic rings. The molecule has 1 heterocycles. The van der Waals surface area contributed by atoms with Crippen molar-refractivity contribution in [3.05, 3.63) is 51.7 Å². The molecule has 25 heavy (non-hydrogen) atoms. The van der Waals surface area contributed by atoms with E-state index in [0.29, 0.717) is 30.1 Å². The second-order valence-electron chi connectivity index (χ2n) is 6.34. The van der Waals surface area contributed by atoms with Crippen LogP contribution in [0.15, 0.2) is 24.3 Å². The molecule has 0 saturated carbocycles. The minimum Gasteiger partial charge on any atom is -0.317 e. The molecule has 0 unspecified atom stereocenters. The summed E-state index contributed by atoms with van der Waals surface area (Å²) in [5.41, 5.74) is 2.63. The van der Waals surface area contributed by atoms with Crippen molar-refractivity contribution in [2.24, 2.45) is 0 Å². The predicted octanol–water partition coefficient (Wildman–Crippen LogP) is 3.71. The lowest BCUT2D eigenvalue weighted by atomic mass is 10.1. The molecule has 3 rings (SSSR count). The van der Waals surface area contributed by atoms with Gasteiger partial charge in [-0.3, -0.25) is 4.79 Å². The van der Waals surface area contributed by atoms with Crippen molar-refractivity contribution in [1.29, 1.82) is 5.26 Å². The van der Waals surface area contributed by atoms with E-state index >= 15 is 0 Å². The van der Waals surface area contributed by atoms with Gasteiger partial charge in [-0.25, -0.2) is 4.39 Å². The third-order valence-electron chi connectivity index (χ3n) is 4.35. The number of amides is 1. The van der Waals surface area contributed by atoms with E-state index in [1.165, 1.54) is 28.3 Å². The van der Waals surface area contributed by atoms with E-state index in [0.717, 1.165) is 30.4 Å². The van der Waals surface area contributed by atoms with Crippen LogP contribution in [0.25, 0.3) is 0 Å². The summed E-state index contributed by atoms with van der Waals surface area (Å²) < 4.78 is 13.2. The standard InChI is InChI=1S/C19H20FN3OS/c1-23(12-13-4-2-5-14(20)10-13)9-8-18(24)22-19-16(11-21)15-6-3-7-17(15)25-19/h2,4-5,10H,3,6-9,12H2,1H3,(H,22,24). The van der Waals surface area contributed by atoms with E-state index in [1.54, 1.807) is 6.07 Å². The normalized spacial score (nSPS) is 12.9. The van der Waals surface area contributed by atoms with Crippen molar-refractivity contribution in [2.75, 3.05) is 18.9 Å². The first-order valence-corrected chi connectivity index (χ1v) is 9.16. The second-order valence-corrected chi connectivity index (χ2v) is 7.44. The lowest BCUT2D eigenvalue weighted by molar-refractivity contribution is -0.116. The van der Waals surface area contributed by atoms with Gasteiger partial charge >= 0.3 is 0 Å². The average molecular weight is 357 g/mol. The van der Waals surface area contributed by atoms with Gasteiger partial charge in [-0.15, -0.1) is 11.3 Å². The summed E-state index contributed by atoms with van der Waals surface area (Å²) in [6.07, 6.45) is 3.36. The van der Waals surface area contributed by atoms with Crippen molar-refractivity contribution < 1.29 is 9.18 Å². The lowest BCUT2D eigenvalue weighted by Gasteiger charge is -2.16. The van der Waals surface area contributed by atoms with Crippen LogP contribution < -0.4 is 5.32 Å². The molecule has 1 aromatic heterocycles. The molecule has 4 nitrogen and oxygen atoms in total. The Morgan fingerprint density at radius 3 is 3.04 bits per heavy atom. The first kappa shape index (κ1) is 17.6. The fourth-order valence-electron chi connectivity index (χ4n) is 3.12. The fourth-order valence-corrected chi connectivity index (χ4v) is 4.37. The van der Waals surface area contributed by atoms with Crippen LogP contribution in [0.3, 0.4) is 0 Å². The van der Waals surface area contributed by atoms with E-state index in [1.807, 2.05) is 18.0 Å². The van der Waals surface area contributed by atoms with Gasteiger partial charge < -0.3 is 10.2 Å². The number of anilines is 1. The molecular weight excluding hydrogens is 337 g/mol. The molecular formula is C19H20FN3OS. The highest BCUT2D eigenvalue weighted by Crippen LogP contribution is 2.38. The maximum absolute atomic E-state index is 13.2. The number of hydrogen-bond acceptors (Lipinski definition) is 4. The minimum atomic E-state index is -0.251. The number of carbonyl (C=O) groups excluding carboxylic acids is 1. The lowest BCUT2D eigenvalue weighted by Crippen LogP contribution is -2.24. The second kappa shape index (κ2) is 7.77. The summed E-state index contributed by atoms with van der Waals surface area (Å²) in [5, 5.41) is 12.9. The molecule has 0 radical (unpaired) electrons. The number of carbonyl (C=O) groups is 1. The number of halogens is 1. The quantitative estimate of drug-likeness (QED) is 0.857. The number of fused-ring (bicyclic) bond motifs is 1. The molecule has 0 aliphatic heterocycles. The van der Waals surface area contributed by atoms with Gasteiger partial charge in [0.1, 0.15) is 16.9 Å². The van der Waals surface area contributed by atoms with Crippen LogP contribution in [0.5, 0.6) is 0 Å². The number of hydrogen-bond donors (Lipinski definition) is 1. The molecule has 1 amide bonds. The molecule has 0 fully saturated rings. The fraction of sp³-hybridized carbons (Fsp3) is 0.368. The highest BCUT2D eigenvalue weighted by Gasteiger charge is 2.23. The number of aryl methyl sites for hydroxylation is 1. The Morgan fingerprint density at radius 1 is 1.44 bits per heavy atom. The van der Waals surface area contributed by atoms with Gasteiger partial charge in [-0.2, -0.15) is 5.26 Å². The van der Waals surface area contributed by atoms with Gasteiger partial charge in [0.05, 0.1) is 5.56 Å². The number of nitrogens with zero attached hydrogens (tertiary/aromatic N) is 2. The Bertz CT molecular complexity index is 825. The van der Waals surface area contributed by atoms with Gasteiger partial charge in [0.25, 0.3) is 0 Å². The summed E-state index contributed by atoms with van der Waals surface area (Å²) in [4.78, 5) is 15.4. The van der Waals surface area contributed by atoms with E-state index in [2.05, 4.69) is 11.4 Å². The number of benzene rings is 1. The van der Waals surface area contributed by atoms with Gasteiger partial charge in [0.15, 0.2) is 0 Å². The van der Waals surface area contributed by atoms with Crippen molar-refractivity contribution in [3.8, 4) is 6.07 Å². The van der Waals surface area contributed by atoms with E-state index in [9.17, 15) is 14.4 Å². The number of nitrogens with one attached hydrogen (secondary N) is 1. The first-order chi connectivity index (χ1) is 12.1. The van der Waals surface area contributed by atoms with Gasteiger partial charge in [0, 0.05) is 24.4 Å². The van der Waals surface area contributed by atoms with Gasteiger partial charge in [0.2, 0.25) is 5.91 Å². The van der Waals surface area contributed by atoms with E-state index < -0.39 is 0 Å². The highest BCUT2D eigenvalue weighted by molar-refractivity contribution is 7.16. The van der Waals surface area contributed by atoms with Gasteiger partial charge in [-0.05, 0) is 49.6 Å². The maximum atomic E-state index is 13.2. The Kier molecular flexibility index (Phi) is 5.47. The number of nitriles is 1.